The van der Waals surface area contributed by atoms with Crippen LogP contribution in [0.3, 0.4) is 0 Å². The van der Waals surface area contributed by atoms with Crippen molar-refractivity contribution >= 4 is 21.6 Å². The number of hydrogen-bond acceptors (Lipinski definition) is 1. The number of rotatable bonds is 0. The molecule has 12 heavy (non-hydrogen) atoms. The first-order chi connectivity index (χ1) is 5.79. The van der Waals surface area contributed by atoms with Gasteiger partial charge in [0.1, 0.15) is 0 Å². The lowest BCUT2D eigenvalue weighted by atomic mass is 10.0. The number of nitrogens with one attached hydrogen (secondary N) is 1. The maximum Gasteiger partial charge on any atom is 0.0384 e. The first-order valence-corrected chi connectivity index (χ1v) is 5.10. The van der Waals surface area contributed by atoms with E-state index in [0.29, 0.717) is 0 Å². The topological polar surface area (TPSA) is 12.0 Å². The van der Waals surface area contributed by atoms with Gasteiger partial charge in [0.15, 0.2) is 0 Å². The molecule has 2 heteroatoms. The van der Waals surface area contributed by atoms with Gasteiger partial charge >= 0.3 is 0 Å². The molecule has 0 aliphatic carbocycles. The van der Waals surface area contributed by atoms with Crippen LogP contribution in [0.2, 0.25) is 0 Å². The summed E-state index contributed by atoms with van der Waals surface area (Å²) in [5, 5.41) is 3.40. The highest BCUT2D eigenvalue weighted by atomic mass is 79.9. The van der Waals surface area contributed by atoms with Gasteiger partial charge in [-0.15, -0.1) is 0 Å². The second kappa shape index (κ2) is 3.09. The molecule has 0 bridgehead atoms. The lowest BCUT2D eigenvalue weighted by molar-refractivity contribution is 0.825. The van der Waals surface area contributed by atoms with E-state index in [-0.39, 0.29) is 0 Å². The minimum absolute atomic E-state index is 1.11. The summed E-state index contributed by atoms with van der Waals surface area (Å²) in [6.45, 7) is 3.25. The molecule has 64 valence electrons. The maximum atomic E-state index is 3.63. The molecule has 0 atom stereocenters. The zero-order chi connectivity index (χ0) is 8.55. The monoisotopic (exact) mass is 225 g/mol. The Balaban J connectivity index is 2.54. The summed E-state index contributed by atoms with van der Waals surface area (Å²) in [5.41, 5.74) is 4.08. The fraction of sp³-hybridized carbons (Fsp3) is 0.400. The highest BCUT2D eigenvalue weighted by Crippen LogP contribution is 2.31. The van der Waals surface area contributed by atoms with E-state index < -0.39 is 0 Å². The second-order valence-corrected chi connectivity index (χ2v) is 4.05. The predicted octanol–water partition coefficient (Wildman–Crippen LogP) is 3.12. The van der Waals surface area contributed by atoms with Gasteiger partial charge in [0.05, 0.1) is 0 Å². The van der Waals surface area contributed by atoms with Crippen molar-refractivity contribution in [2.24, 2.45) is 0 Å². The molecule has 0 fully saturated rings. The molecule has 1 aliphatic rings. The lowest BCUT2D eigenvalue weighted by Gasteiger charge is -2.20. The van der Waals surface area contributed by atoms with Crippen LogP contribution in [0, 0.1) is 6.92 Å². The molecule has 0 saturated carbocycles. The van der Waals surface area contributed by atoms with Gasteiger partial charge in [-0.25, -0.2) is 0 Å². The van der Waals surface area contributed by atoms with Crippen molar-refractivity contribution in [1.82, 2.24) is 0 Å². The van der Waals surface area contributed by atoms with Crippen molar-refractivity contribution in [2.75, 3.05) is 11.9 Å². The molecule has 0 radical (unpaired) electrons. The van der Waals surface area contributed by atoms with Crippen molar-refractivity contribution in [3.05, 3.63) is 27.7 Å². The minimum Gasteiger partial charge on any atom is -0.385 e. The Morgan fingerprint density at radius 1 is 1.42 bits per heavy atom. The van der Waals surface area contributed by atoms with Crippen molar-refractivity contribution in [1.29, 1.82) is 0 Å². The van der Waals surface area contributed by atoms with Crippen LogP contribution in [0.15, 0.2) is 16.6 Å². The van der Waals surface area contributed by atoms with Gasteiger partial charge in [0, 0.05) is 16.7 Å². The third-order valence-corrected chi connectivity index (χ3v) is 3.46. The van der Waals surface area contributed by atoms with E-state index in [0.717, 1.165) is 6.54 Å². The molecule has 0 amide bonds. The highest BCUT2D eigenvalue weighted by Gasteiger charge is 2.12. The number of fused-ring (bicyclic) bond motifs is 1. The smallest absolute Gasteiger partial charge is 0.0384 e. The third kappa shape index (κ3) is 1.24. The average Bonchev–Trinajstić information content (AvgIpc) is 2.12. The molecular formula is C10H12BrN. The molecule has 0 unspecified atom stereocenters. The zero-order valence-electron chi connectivity index (χ0n) is 7.15. The second-order valence-electron chi connectivity index (χ2n) is 3.25. The van der Waals surface area contributed by atoms with Crippen LogP contribution in [-0.2, 0) is 6.42 Å². The van der Waals surface area contributed by atoms with E-state index in [1.807, 2.05) is 0 Å². The van der Waals surface area contributed by atoms with Gasteiger partial charge in [-0.05, 0) is 37.0 Å². The number of aryl methyl sites for hydroxylation is 1. The van der Waals surface area contributed by atoms with Crippen molar-refractivity contribution in [3.63, 3.8) is 0 Å². The fourth-order valence-electron chi connectivity index (χ4n) is 1.64. The molecule has 1 aromatic carbocycles. The number of hydrogen-bond donors (Lipinski definition) is 1. The molecule has 1 aliphatic heterocycles. The van der Waals surface area contributed by atoms with Crippen LogP contribution < -0.4 is 5.32 Å². The average molecular weight is 226 g/mol. The van der Waals surface area contributed by atoms with Crippen LogP contribution in [0.1, 0.15) is 17.5 Å². The van der Waals surface area contributed by atoms with E-state index in [1.165, 1.54) is 34.1 Å². The first kappa shape index (κ1) is 8.11. The summed E-state index contributed by atoms with van der Waals surface area (Å²) < 4.78 is 1.28. The number of benzene rings is 1. The van der Waals surface area contributed by atoms with Crippen LogP contribution >= 0.6 is 15.9 Å². The highest BCUT2D eigenvalue weighted by molar-refractivity contribution is 9.10. The largest absolute Gasteiger partial charge is 0.385 e. The molecule has 0 spiro atoms. The summed E-state index contributed by atoms with van der Waals surface area (Å²) in [5.74, 6) is 0. The molecule has 2 rings (SSSR count). The van der Waals surface area contributed by atoms with Crippen molar-refractivity contribution in [3.8, 4) is 0 Å². The summed E-state index contributed by atoms with van der Waals surface area (Å²) in [6.07, 6.45) is 2.44. The number of halogens is 1. The quantitative estimate of drug-likeness (QED) is 0.716. The Labute approximate surface area is 81.3 Å². The van der Waals surface area contributed by atoms with Crippen molar-refractivity contribution in [2.45, 2.75) is 19.8 Å². The summed E-state index contributed by atoms with van der Waals surface area (Å²) >= 11 is 3.63. The molecule has 1 aromatic rings. The van der Waals surface area contributed by atoms with Crippen molar-refractivity contribution < 1.29 is 0 Å². The summed E-state index contributed by atoms with van der Waals surface area (Å²) in [7, 11) is 0. The Morgan fingerprint density at radius 3 is 3.08 bits per heavy atom. The Hall–Kier alpha value is -0.500. The molecule has 1 N–H and O–H groups in total. The SMILES string of the molecule is Cc1ccc2c(c1Br)CCCN2. The van der Waals surface area contributed by atoms with Gasteiger partial charge in [-0.1, -0.05) is 22.0 Å². The summed E-state index contributed by atoms with van der Waals surface area (Å²) in [6, 6.07) is 4.33. The standard InChI is InChI=1S/C10H12BrN/c1-7-4-5-9-8(10(7)11)3-2-6-12-9/h4-5,12H,2-3,6H2,1H3. The van der Waals surface area contributed by atoms with E-state index in [1.54, 1.807) is 0 Å². The van der Waals surface area contributed by atoms with Gasteiger partial charge in [0.2, 0.25) is 0 Å². The predicted molar refractivity (Wildman–Crippen MR) is 55.7 cm³/mol. The fourth-order valence-corrected chi connectivity index (χ4v) is 2.18. The van der Waals surface area contributed by atoms with E-state index in [4.69, 9.17) is 0 Å². The number of anilines is 1. The van der Waals surface area contributed by atoms with Gasteiger partial charge in [-0.3, -0.25) is 0 Å². The van der Waals surface area contributed by atoms with E-state index >= 15 is 0 Å². The van der Waals surface area contributed by atoms with Gasteiger partial charge in [-0.2, -0.15) is 0 Å². The first-order valence-electron chi connectivity index (χ1n) is 4.31. The molecule has 1 heterocycles. The molecular weight excluding hydrogens is 214 g/mol. The Bertz CT molecular complexity index is 307. The van der Waals surface area contributed by atoms with Crippen LogP contribution in [0.5, 0.6) is 0 Å². The van der Waals surface area contributed by atoms with E-state index in [9.17, 15) is 0 Å². The Kier molecular flexibility index (Phi) is 2.09. The Morgan fingerprint density at radius 2 is 2.25 bits per heavy atom. The van der Waals surface area contributed by atoms with Crippen LogP contribution in [-0.4, -0.2) is 6.54 Å². The molecule has 0 saturated heterocycles. The summed E-state index contributed by atoms with van der Waals surface area (Å²) in [4.78, 5) is 0. The lowest BCUT2D eigenvalue weighted by Crippen LogP contribution is -2.12. The minimum atomic E-state index is 1.11. The van der Waals surface area contributed by atoms with Crippen LogP contribution in [0.25, 0.3) is 0 Å². The maximum absolute atomic E-state index is 3.63. The van der Waals surface area contributed by atoms with E-state index in [2.05, 4.69) is 40.3 Å². The molecule has 1 nitrogen and oxygen atoms in total. The van der Waals surface area contributed by atoms with Crippen LogP contribution in [0.4, 0.5) is 5.69 Å². The molecule has 0 aromatic heterocycles. The van der Waals surface area contributed by atoms with Gasteiger partial charge < -0.3 is 5.32 Å². The normalized spacial score (nSPS) is 15.2. The zero-order valence-corrected chi connectivity index (χ0v) is 8.74. The van der Waals surface area contributed by atoms with Gasteiger partial charge in [0.25, 0.3) is 0 Å². The third-order valence-electron chi connectivity index (χ3n) is 2.36.